The van der Waals surface area contributed by atoms with E-state index in [0.29, 0.717) is 0 Å². The van der Waals surface area contributed by atoms with Crippen LogP contribution in [0.15, 0.2) is 24.3 Å². The Bertz CT molecular complexity index is 396. The first-order valence-corrected chi connectivity index (χ1v) is 6.72. The molecule has 0 radical (unpaired) electrons. The minimum absolute atomic E-state index is 0.826. The van der Waals surface area contributed by atoms with Crippen molar-refractivity contribution in [3.8, 4) is 5.75 Å². The van der Waals surface area contributed by atoms with E-state index in [-0.39, 0.29) is 0 Å². The molecule has 0 fully saturated rings. The lowest BCUT2D eigenvalue weighted by Crippen LogP contribution is -2.00. The summed E-state index contributed by atoms with van der Waals surface area (Å²) in [5, 5.41) is 0. The van der Waals surface area contributed by atoms with Gasteiger partial charge in [-0.15, -0.1) is 0 Å². The number of unbranched alkanes of at least 4 members (excludes halogenated alkanes) is 1. The number of ether oxygens (including phenoxy) is 1. The highest BCUT2D eigenvalue weighted by Gasteiger charge is 2.11. The Labute approximate surface area is 106 Å². The number of benzene rings is 1. The van der Waals surface area contributed by atoms with Gasteiger partial charge < -0.3 is 4.74 Å². The molecule has 0 aliphatic heterocycles. The Morgan fingerprint density at radius 3 is 3.06 bits per heavy atom. The second-order valence-electron chi connectivity index (χ2n) is 4.11. The molecule has 2 heteroatoms. The van der Waals surface area contributed by atoms with Gasteiger partial charge in [-0.3, -0.25) is 0 Å². The molecular formula is C14H17BrO. The smallest absolute Gasteiger partial charge is 0.119 e. The Kier molecular flexibility index (Phi) is 4.05. The molecule has 0 saturated heterocycles. The van der Waals surface area contributed by atoms with Crippen molar-refractivity contribution in [2.24, 2.45) is 0 Å². The zero-order chi connectivity index (χ0) is 11.4. The lowest BCUT2D eigenvalue weighted by atomic mass is 9.97. The molecule has 0 atom stereocenters. The molecule has 1 nitrogen and oxygen atoms in total. The predicted molar refractivity (Wildman–Crippen MR) is 72.1 cm³/mol. The van der Waals surface area contributed by atoms with E-state index in [0.717, 1.165) is 31.6 Å². The summed E-state index contributed by atoms with van der Waals surface area (Å²) in [5.41, 5.74) is 2.71. The third kappa shape index (κ3) is 2.67. The van der Waals surface area contributed by atoms with Crippen LogP contribution in [-0.4, -0.2) is 6.61 Å². The number of hydrogen-bond acceptors (Lipinski definition) is 1. The van der Waals surface area contributed by atoms with Crippen LogP contribution < -0.4 is 4.74 Å². The van der Waals surface area contributed by atoms with Crippen molar-refractivity contribution in [2.45, 2.75) is 32.6 Å². The molecule has 0 unspecified atom stereocenters. The highest BCUT2D eigenvalue weighted by atomic mass is 79.9. The fourth-order valence-electron chi connectivity index (χ4n) is 1.90. The normalized spacial score (nSPS) is 14.2. The summed E-state index contributed by atoms with van der Waals surface area (Å²) in [5.74, 6) is 1.01. The summed E-state index contributed by atoms with van der Waals surface area (Å²) in [6.45, 7) is 3.00. The van der Waals surface area contributed by atoms with Crippen LogP contribution in [-0.2, 0) is 6.42 Å². The first kappa shape index (κ1) is 11.7. The molecule has 1 aliphatic rings. The van der Waals surface area contributed by atoms with Crippen LogP contribution in [0.25, 0.3) is 4.48 Å². The van der Waals surface area contributed by atoms with Gasteiger partial charge in [-0.1, -0.05) is 35.4 Å². The largest absolute Gasteiger partial charge is 0.494 e. The van der Waals surface area contributed by atoms with E-state index in [1.54, 1.807) is 0 Å². The average Bonchev–Trinajstić information content (AvgIpc) is 2.30. The molecule has 0 spiro atoms. The van der Waals surface area contributed by atoms with E-state index in [1.165, 1.54) is 22.0 Å². The molecule has 0 N–H and O–H groups in total. The van der Waals surface area contributed by atoms with E-state index in [1.807, 2.05) is 0 Å². The van der Waals surface area contributed by atoms with E-state index in [2.05, 4.69) is 47.1 Å². The van der Waals surface area contributed by atoms with Crippen LogP contribution in [0.1, 0.15) is 37.3 Å². The van der Waals surface area contributed by atoms with E-state index in [4.69, 9.17) is 4.74 Å². The Morgan fingerprint density at radius 2 is 2.25 bits per heavy atom. The van der Waals surface area contributed by atoms with Crippen molar-refractivity contribution in [2.75, 3.05) is 6.61 Å². The number of halogens is 1. The summed E-state index contributed by atoms with van der Waals surface area (Å²) in [6, 6.07) is 6.39. The van der Waals surface area contributed by atoms with Gasteiger partial charge in [-0.25, -0.2) is 0 Å². The lowest BCUT2D eigenvalue weighted by Gasteiger charge is -2.15. The van der Waals surface area contributed by atoms with Crippen molar-refractivity contribution < 1.29 is 4.74 Å². The van der Waals surface area contributed by atoms with Crippen LogP contribution in [0, 0.1) is 0 Å². The van der Waals surface area contributed by atoms with Crippen molar-refractivity contribution in [3.63, 3.8) is 0 Å². The van der Waals surface area contributed by atoms with Gasteiger partial charge in [-0.2, -0.15) is 0 Å². The van der Waals surface area contributed by atoms with Gasteiger partial charge in [0.1, 0.15) is 5.75 Å². The van der Waals surface area contributed by atoms with Crippen LogP contribution in [0.3, 0.4) is 0 Å². The van der Waals surface area contributed by atoms with Crippen LogP contribution >= 0.6 is 15.9 Å². The third-order valence-electron chi connectivity index (χ3n) is 2.84. The topological polar surface area (TPSA) is 9.23 Å². The molecule has 0 aromatic heterocycles. The van der Waals surface area contributed by atoms with E-state index < -0.39 is 0 Å². The van der Waals surface area contributed by atoms with Crippen molar-refractivity contribution in [1.82, 2.24) is 0 Å². The lowest BCUT2D eigenvalue weighted by molar-refractivity contribution is 0.309. The zero-order valence-electron chi connectivity index (χ0n) is 9.63. The van der Waals surface area contributed by atoms with Gasteiger partial charge in [0.2, 0.25) is 0 Å². The quantitative estimate of drug-likeness (QED) is 0.736. The van der Waals surface area contributed by atoms with Gasteiger partial charge in [0.05, 0.1) is 6.61 Å². The molecule has 0 heterocycles. The molecule has 0 bridgehead atoms. The van der Waals surface area contributed by atoms with Gasteiger partial charge in [0.25, 0.3) is 0 Å². The van der Waals surface area contributed by atoms with Crippen molar-refractivity contribution in [3.05, 3.63) is 35.4 Å². The second kappa shape index (κ2) is 5.53. The standard InChI is InChI=1S/C14H17BrO/c1-2-3-9-16-12-7-8-13-11(10-12)5-4-6-14(13)15/h6-8,10H,2-5,9H2,1H3. The van der Waals surface area contributed by atoms with Crippen LogP contribution in [0.4, 0.5) is 0 Å². The minimum Gasteiger partial charge on any atom is -0.494 e. The zero-order valence-corrected chi connectivity index (χ0v) is 11.2. The number of hydrogen-bond donors (Lipinski definition) is 0. The number of allylic oxidation sites excluding steroid dienone is 1. The van der Waals surface area contributed by atoms with Gasteiger partial charge in [0, 0.05) is 4.48 Å². The molecule has 16 heavy (non-hydrogen) atoms. The maximum absolute atomic E-state index is 5.71. The SMILES string of the molecule is CCCCOc1ccc2c(c1)CCC=C2Br. The highest BCUT2D eigenvalue weighted by Crippen LogP contribution is 2.32. The molecule has 1 aliphatic carbocycles. The Balaban J connectivity index is 2.10. The van der Waals surface area contributed by atoms with Gasteiger partial charge in [0.15, 0.2) is 0 Å². The summed E-state index contributed by atoms with van der Waals surface area (Å²) < 4.78 is 6.93. The average molecular weight is 281 g/mol. The number of rotatable bonds is 4. The third-order valence-corrected chi connectivity index (χ3v) is 3.59. The Hall–Kier alpha value is -0.760. The fourth-order valence-corrected chi connectivity index (χ4v) is 2.51. The molecule has 1 aromatic rings. The van der Waals surface area contributed by atoms with Crippen LogP contribution in [0.2, 0.25) is 0 Å². The molecular weight excluding hydrogens is 264 g/mol. The molecule has 0 saturated carbocycles. The first-order chi connectivity index (χ1) is 7.81. The van der Waals surface area contributed by atoms with E-state index in [9.17, 15) is 0 Å². The first-order valence-electron chi connectivity index (χ1n) is 5.93. The van der Waals surface area contributed by atoms with Gasteiger partial charge in [-0.05, 0) is 48.6 Å². The molecule has 0 amide bonds. The monoisotopic (exact) mass is 280 g/mol. The maximum atomic E-state index is 5.71. The molecule has 86 valence electrons. The summed E-state index contributed by atoms with van der Waals surface area (Å²) in [7, 11) is 0. The maximum Gasteiger partial charge on any atom is 0.119 e. The molecule has 2 rings (SSSR count). The second-order valence-corrected chi connectivity index (χ2v) is 4.97. The van der Waals surface area contributed by atoms with Crippen molar-refractivity contribution >= 4 is 20.4 Å². The highest BCUT2D eigenvalue weighted by molar-refractivity contribution is 9.15. The minimum atomic E-state index is 0.826. The summed E-state index contributed by atoms with van der Waals surface area (Å²) >= 11 is 3.60. The van der Waals surface area contributed by atoms with E-state index >= 15 is 0 Å². The summed E-state index contributed by atoms with van der Waals surface area (Å²) in [4.78, 5) is 0. The van der Waals surface area contributed by atoms with Crippen molar-refractivity contribution in [1.29, 1.82) is 0 Å². The molecule has 1 aromatic carbocycles. The van der Waals surface area contributed by atoms with Crippen LogP contribution in [0.5, 0.6) is 5.75 Å². The Morgan fingerprint density at radius 1 is 1.38 bits per heavy atom. The number of aryl methyl sites for hydroxylation is 1. The fraction of sp³-hybridized carbons (Fsp3) is 0.429. The van der Waals surface area contributed by atoms with Gasteiger partial charge >= 0.3 is 0 Å². The summed E-state index contributed by atoms with van der Waals surface area (Å²) in [6.07, 6.45) is 6.78. The number of fused-ring (bicyclic) bond motifs is 1. The predicted octanol–water partition coefficient (Wildman–Crippen LogP) is 4.55.